The van der Waals surface area contributed by atoms with E-state index < -0.39 is 11.7 Å². The van der Waals surface area contributed by atoms with E-state index in [1.165, 1.54) is 18.2 Å². The minimum atomic E-state index is -4.42. The molecular weight excluding hydrogens is 429 g/mol. The summed E-state index contributed by atoms with van der Waals surface area (Å²) >= 11 is 0. The monoisotopic (exact) mass is 458 g/mol. The number of alkyl halides is 3. The molecule has 1 aliphatic carbocycles. The van der Waals surface area contributed by atoms with Crippen LogP contribution in [0.15, 0.2) is 54.6 Å². The third-order valence-corrected chi connectivity index (χ3v) is 7.14. The van der Waals surface area contributed by atoms with Gasteiger partial charge in [-0.25, -0.2) is 0 Å². The maximum absolute atomic E-state index is 12.9. The number of likely N-dealkylation sites (tertiary alicyclic amines) is 1. The number of nitrogens with zero attached hydrogens (tertiary/aromatic N) is 1. The summed E-state index contributed by atoms with van der Waals surface area (Å²) in [6.45, 7) is 1.92. The van der Waals surface area contributed by atoms with Crippen molar-refractivity contribution in [3.05, 3.63) is 71.3 Å². The first-order valence-electron chi connectivity index (χ1n) is 11.3. The Balaban J connectivity index is 1.48. The van der Waals surface area contributed by atoms with Gasteiger partial charge in [-0.1, -0.05) is 24.3 Å². The van der Waals surface area contributed by atoms with Gasteiger partial charge in [0.05, 0.1) is 5.56 Å². The van der Waals surface area contributed by atoms with E-state index in [4.69, 9.17) is 0 Å². The van der Waals surface area contributed by atoms with E-state index >= 15 is 0 Å². The molecule has 0 aromatic heterocycles. The van der Waals surface area contributed by atoms with Gasteiger partial charge >= 0.3 is 6.18 Å². The van der Waals surface area contributed by atoms with Crippen molar-refractivity contribution >= 4 is 12.0 Å². The number of phenols is 1. The highest BCUT2D eigenvalue weighted by Gasteiger charge is 2.47. The number of benzene rings is 2. The summed E-state index contributed by atoms with van der Waals surface area (Å²) in [6, 6.07) is 12.3. The van der Waals surface area contributed by atoms with Crippen LogP contribution in [0.1, 0.15) is 42.4 Å². The highest BCUT2D eigenvalue weighted by atomic mass is 19.4. The second-order valence-corrected chi connectivity index (χ2v) is 9.36. The predicted molar refractivity (Wildman–Crippen MR) is 122 cm³/mol. The second kappa shape index (κ2) is 9.21. The molecule has 4 nitrogen and oxygen atoms in total. The van der Waals surface area contributed by atoms with Crippen molar-refractivity contribution in [2.75, 3.05) is 20.1 Å². The maximum atomic E-state index is 12.9. The van der Waals surface area contributed by atoms with Crippen LogP contribution in [0.5, 0.6) is 5.75 Å². The van der Waals surface area contributed by atoms with Crippen LogP contribution in [0.4, 0.5) is 13.2 Å². The van der Waals surface area contributed by atoms with Gasteiger partial charge in [0.1, 0.15) is 5.75 Å². The van der Waals surface area contributed by atoms with Crippen molar-refractivity contribution in [2.45, 2.75) is 43.3 Å². The van der Waals surface area contributed by atoms with Crippen molar-refractivity contribution in [3.63, 3.8) is 0 Å². The Morgan fingerprint density at radius 2 is 1.97 bits per heavy atom. The number of aromatic hydroxyl groups is 1. The molecule has 33 heavy (non-hydrogen) atoms. The lowest BCUT2D eigenvalue weighted by Crippen LogP contribution is -2.55. The zero-order valence-corrected chi connectivity index (χ0v) is 18.6. The van der Waals surface area contributed by atoms with Crippen molar-refractivity contribution in [1.29, 1.82) is 0 Å². The van der Waals surface area contributed by atoms with E-state index in [2.05, 4.69) is 23.3 Å². The Morgan fingerprint density at radius 3 is 2.73 bits per heavy atom. The topological polar surface area (TPSA) is 52.6 Å². The highest BCUT2D eigenvalue weighted by Crippen LogP contribution is 2.49. The van der Waals surface area contributed by atoms with Crippen molar-refractivity contribution in [3.8, 4) is 5.75 Å². The van der Waals surface area contributed by atoms with Gasteiger partial charge in [-0.05, 0) is 86.7 Å². The average molecular weight is 459 g/mol. The van der Waals surface area contributed by atoms with E-state index in [0.29, 0.717) is 11.5 Å². The van der Waals surface area contributed by atoms with Crippen molar-refractivity contribution in [2.24, 2.45) is 5.92 Å². The Bertz CT molecular complexity index is 1040. The van der Waals surface area contributed by atoms with Crippen LogP contribution >= 0.6 is 0 Å². The zero-order chi connectivity index (χ0) is 23.6. The fourth-order valence-corrected chi connectivity index (χ4v) is 5.49. The molecule has 0 spiro atoms. The zero-order valence-electron chi connectivity index (χ0n) is 18.6. The first-order chi connectivity index (χ1) is 15.7. The summed E-state index contributed by atoms with van der Waals surface area (Å²) in [4.78, 5) is 14.9. The maximum Gasteiger partial charge on any atom is 0.416 e. The summed E-state index contributed by atoms with van der Waals surface area (Å²) in [7, 11) is 2.12. The molecule has 3 atom stereocenters. The summed E-state index contributed by atoms with van der Waals surface area (Å²) in [6.07, 6.45) is 1.83. The Labute approximate surface area is 192 Å². The van der Waals surface area contributed by atoms with E-state index in [1.807, 2.05) is 12.1 Å². The van der Waals surface area contributed by atoms with Crippen LogP contribution in [-0.4, -0.2) is 42.1 Å². The molecule has 0 bridgehead atoms. The van der Waals surface area contributed by atoms with E-state index in [9.17, 15) is 23.1 Å². The molecule has 176 valence electrons. The van der Waals surface area contributed by atoms with Crippen LogP contribution in [0.25, 0.3) is 6.08 Å². The second-order valence-electron chi connectivity index (χ2n) is 9.36. The number of fused-ring (bicyclic) bond motifs is 1. The largest absolute Gasteiger partial charge is 0.508 e. The van der Waals surface area contributed by atoms with Crippen molar-refractivity contribution < 1.29 is 23.1 Å². The van der Waals surface area contributed by atoms with E-state index in [0.717, 1.165) is 56.5 Å². The molecule has 1 heterocycles. The third kappa shape index (κ3) is 5.24. The summed E-state index contributed by atoms with van der Waals surface area (Å²) in [5, 5.41) is 13.1. The molecule has 4 rings (SSSR count). The summed E-state index contributed by atoms with van der Waals surface area (Å²) < 4.78 is 38.7. The van der Waals surface area contributed by atoms with E-state index in [1.54, 1.807) is 12.1 Å². The minimum Gasteiger partial charge on any atom is -0.508 e. The quantitative estimate of drug-likeness (QED) is 0.636. The average Bonchev–Trinajstić information content (AvgIpc) is 2.77. The Morgan fingerprint density at radius 1 is 1.18 bits per heavy atom. The molecule has 1 amide bonds. The van der Waals surface area contributed by atoms with Crippen LogP contribution in [0, 0.1) is 5.92 Å². The van der Waals surface area contributed by atoms with Gasteiger partial charge in [-0.15, -0.1) is 0 Å². The predicted octanol–water partition coefficient (Wildman–Crippen LogP) is 4.98. The molecule has 7 heteroatoms. The minimum absolute atomic E-state index is 0.0364. The van der Waals surface area contributed by atoms with Crippen LogP contribution in [0.3, 0.4) is 0 Å². The number of halogens is 3. The summed E-state index contributed by atoms with van der Waals surface area (Å²) in [5.74, 6) is 0.372. The first kappa shape index (κ1) is 23.4. The van der Waals surface area contributed by atoms with Gasteiger partial charge in [0.15, 0.2) is 0 Å². The van der Waals surface area contributed by atoms with Crippen molar-refractivity contribution in [1.82, 2.24) is 10.2 Å². The van der Waals surface area contributed by atoms with Gasteiger partial charge < -0.3 is 15.3 Å². The SMILES string of the molecule is CN1CCC2(c3cccc(O)c3)CC(NC(=O)C=Cc3cccc(C(F)(F)F)c3)CCC2C1. The fourth-order valence-electron chi connectivity index (χ4n) is 5.49. The molecule has 2 N–H and O–H groups in total. The smallest absolute Gasteiger partial charge is 0.416 e. The lowest BCUT2D eigenvalue weighted by molar-refractivity contribution is -0.137. The number of carbonyl (C=O) groups excluding carboxylic acids is 1. The molecular formula is C26H29F3N2O2. The highest BCUT2D eigenvalue weighted by molar-refractivity contribution is 5.91. The van der Waals surface area contributed by atoms with Crippen LogP contribution in [-0.2, 0) is 16.4 Å². The molecule has 2 aromatic carbocycles. The molecule has 0 radical (unpaired) electrons. The lowest BCUT2D eigenvalue weighted by atomic mass is 9.58. The number of hydrogen-bond donors (Lipinski definition) is 2. The molecule has 2 aliphatic rings. The molecule has 2 fully saturated rings. The van der Waals surface area contributed by atoms with Gasteiger partial charge in [0.2, 0.25) is 5.91 Å². The number of carbonyl (C=O) groups is 1. The molecule has 1 saturated heterocycles. The third-order valence-electron chi connectivity index (χ3n) is 7.14. The first-order valence-corrected chi connectivity index (χ1v) is 11.3. The number of phenolic OH excluding ortho intramolecular Hbond substituents is 1. The number of rotatable bonds is 4. The van der Waals surface area contributed by atoms with Gasteiger partial charge in [0, 0.05) is 24.1 Å². The van der Waals surface area contributed by atoms with Gasteiger partial charge in [-0.3, -0.25) is 4.79 Å². The number of hydrogen-bond acceptors (Lipinski definition) is 3. The fraction of sp³-hybridized carbons (Fsp3) is 0.423. The van der Waals surface area contributed by atoms with Gasteiger partial charge in [0.25, 0.3) is 0 Å². The molecule has 2 aromatic rings. The van der Waals surface area contributed by atoms with Gasteiger partial charge in [-0.2, -0.15) is 13.2 Å². The number of amides is 1. The molecule has 3 unspecified atom stereocenters. The number of piperidine rings is 1. The van der Waals surface area contributed by atoms with Crippen LogP contribution < -0.4 is 5.32 Å². The summed E-state index contributed by atoms with van der Waals surface area (Å²) in [5.41, 5.74) is 0.583. The normalized spacial score (nSPS) is 26.2. The molecule has 1 aliphatic heterocycles. The number of nitrogens with one attached hydrogen (secondary N) is 1. The Kier molecular flexibility index (Phi) is 6.52. The molecule has 1 saturated carbocycles. The Hall–Kier alpha value is -2.80. The van der Waals surface area contributed by atoms with E-state index in [-0.39, 0.29) is 23.1 Å². The van der Waals surface area contributed by atoms with Crippen LogP contribution in [0.2, 0.25) is 0 Å². The standard InChI is InChI=1S/C26H29F3N2O2/c1-31-13-12-25(19-5-3-7-23(32)15-19)16-22(10-9-21(25)17-31)30-24(33)11-8-18-4-2-6-20(14-18)26(27,28)29/h2-8,11,14-15,21-22,32H,9-10,12-13,16-17H2,1H3,(H,30,33). The lowest BCUT2D eigenvalue weighted by Gasteiger charge is -2.52.